The second-order valence-electron chi connectivity index (χ2n) is 5.27. The number of benzene rings is 2. The van der Waals surface area contributed by atoms with Gasteiger partial charge in [0, 0.05) is 22.0 Å². The minimum atomic E-state index is -0.923. The Balaban J connectivity index is 2.23. The lowest BCUT2D eigenvalue weighted by Gasteiger charge is -2.06. The van der Waals surface area contributed by atoms with E-state index in [0.29, 0.717) is 17.0 Å². The van der Waals surface area contributed by atoms with Crippen LogP contribution in [0.4, 0.5) is 8.78 Å². The highest BCUT2D eigenvalue weighted by atomic mass is 19.2. The van der Waals surface area contributed by atoms with E-state index >= 15 is 0 Å². The van der Waals surface area contributed by atoms with Gasteiger partial charge >= 0.3 is 0 Å². The average molecular weight is 327 g/mol. The summed E-state index contributed by atoms with van der Waals surface area (Å²) < 4.78 is 26.9. The average Bonchev–Trinajstić information content (AvgIpc) is 2.94. The Labute approximate surface area is 136 Å². The number of fused-ring (bicyclic) bond motifs is 1. The molecule has 0 radical (unpaired) electrons. The predicted molar refractivity (Wildman–Crippen MR) is 90.9 cm³/mol. The Bertz CT molecular complexity index is 959. The van der Waals surface area contributed by atoms with Gasteiger partial charge < -0.3 is 10.7 Å². The van der Waals surface area contributed by atoms with Crippen molar-refractivity contribution in [3.05, 3.63) is 59.7 Å². The number of rotatable bonds is 3. The Morgan fingerprint density at radius 3 is 2.62 bits per heavy atom. The largest absolute Gasteiger partial charge is 0.369 e. The summed E-state index contributed by atoms with van der Waals surface area (Å²) in [4.78, 5) is 3.21. The van der Waals surface area contributed by atoms with E-state index in [9.17, 15) is 8.78 Å². The molecule has 122 valence electrons. The summed E-state index contributed by atoms with van der Waals surface area (Å²) >= 11 is 0. The van der Waals surface area contributed by atoms with Crippen molar-refractivity contribution in [1.29, 1.82) is 5.41 Å². The smallest absolute Gasteiger partial charge is 0.206 e. The summed E-state index contributed by atoms with van der Waals surface area (Å²) in [6, 6.07) is 11.2. The predicted octanol–water partition coefficient (Wildman–Crippen LogP) is 3.32. The summed E-state index contributed by atoms with van der Waals surface area (Å²) in [5.41, 5.74) is 10.9. The second-order valence-corrected chi connectivity index (χ2v) is 5.27. The third kappa shape index (κ3) is 2.83. The molecule has 0 spiro atoms. The molecule has 0 amide bonds. The number of nitrogens with one attached hydrogen (secondary N) is 3. The van der Waals surface area contributed by atoms with Crippen LogP contribution in [0, 0.1) is 17.0 Å². The number of para-hydroxylation sites is 1. The summed E-state index contributed by atoms with van der Waals surface area (Å²) in [7, 11) is 0. The first-order valence-electron chi connectivity index (χ1n) is 7.18. The molecule has 5 N–H and O–H groups in total. The molecular weight excluding hydrogens is 312 g/mol. The number of aromatic nitrogens is 1. The Hall–Kier alpha value is -3.22. The van der Waals surface area contributed by atoms with E-state index in [4.69, 9.17) is 11.1 Å². The highest BCUT2D eigenvalue weighted by Crippen LogP contribution is 2.31. The molecule has 3 rings (SSSR count). The molecule has 7 heteroatoms. The van der Waals surface area contributed by atoms with Gasteiger partial charge in [-0.05, 0) is 31.2 Å². The molecule has 5 nitrogen and oxygen atoms in total. The van der Waals surface area contributed by atoms with Gasteiger partial charge in [0.15, 0.2) is 11.6 Å². The number of H-pyrrole nitrogens is 1. The number of hydrogen-bond donors (Lipinski definition) is 4. The van der Waals surface area contributed by atoms with E-state index in [1.54, 1.807) is 6.92 Å². The third-order valence-corrected chi connectivity index (χ3v) is 3.62. The molecule has 0 aliphatic rings. The molecule has 0 unspecified atom stereocenters. The van der Waals surface area contributed by atoms with Crippen molar-refractivity contribution < 1.29 is 8.78 Å². The van der Waals surface area contributed by atoms with Crippen LogP contribution in [0.3, 0.4) is 0 Å². The SMILES string of the molecule is CC(=NNC(=N)N)c1c(-c2ccc(F)c(F)c2)[nH]c2ccccc12. The topological polar surface area (TPSA) is 90.1 Å². The Kier molecular flexibility index (Phi) is 3.99. The minimum absolute atomic E-state index is 0.288. The molecule has 0 saturated carbocycles. The first-order valence-corrected chi connectivity index (χ1v) is 7.18. The van der Waals surface area contributed by atoms with Crippen LogP contribution < -0.4 is 11.2 Å². The third-order valence-electron chi connectivity index (χ3n) is 3.62. The van der Waals surface area contributed by atoms with E-state index < -0.39 is 11.6 Å². The van der Waals surface area contributed by atoms with Crippen molar-refractivity contribution in [2.45, 2.75) is 6.92 Å². The molecule has 24 heavy (non-hydrogen) atoms. The van der Waals surface area contributed by atoms with Gasteiger partial charge in [0.05, 0.1) is 11.4 Å². The quantitative estimate of drug-likeness (QED) is 0.338. The molecule has 1 heterocycles. The normalized spacial score (nSPS) is 11.7. The monoisotopic (exact) mass is 327 g/mol. The highest BCUT2D eigenvalue weighted by molar-refractivity contribution is 6.14. The van der Waals surface area contributed by atoms with Crippen molar-refractivity contribution in [1.82, 2.24) is 10.4 Å². The van der Waals surface area contributed by atoms with Crippen molar-refractivity contribution >= 4 is 22.6 Å². The van der Waals surface area contributed by atoms with E-state index in [-0.39, 0.29) is 5.96 Å². The van der Waals surface area contributed by atoms with Gasteiger partial charge in [-0.1, -0.05) is 18.2 Å². The van der Waals surface area contributed by atoms with Crippen molar-refractivity contribution in [2.75, 3.05) is 0 Å². The van der Waals surface area contributed by atoms with Crippen LogP contribution in [0.1, 0.15) is 12.5 Å². The number of halogens is 2. The molecule has 0 aliphatic heterocycles. The van der Waals surface area contributed by atoms with Gasteiger partial charge in [-0.25, -0.2) is 14.2 Å². The Morgan fingerprint density at radius 2 is 1.92 bits per heavy atom. The number of guanidine groups is 1. The van der Waals surface area contributed by atoms with Crippen molar-refractivity contribution in [3.63, 3.8) is 0 Å². The number of nitrogens with two attached hydrogens (primary N) is 1. The van der Waals surface area contributed by atoms with Crippen LogP contribution in [-0.2, 0) is 0 Å². The van der Waals surface area contributed by atoms with Crippen LogP contribution in [-0.4, -0.2) is 16.7 Å². The van der Waals surface area contributed by atoms with Crippen molar-refractivity contribution in [2.24, 2.45) is 10.8 Å². The Morgan fingerprint density at radius 1 is 1.17 bits per heavy atom. The first kappa shape index (κ1) is 15.7. The van der Waals surface area contributed by atoms with Gasteiger partial charge in [0.2, 0.25) is 5.96 Å². The van der Waals surface area contributed by atoms with E-state index in [2.05, 4.69) is 15.5 Å². The zero-order valence-electron chi connectivity index (χ0n) is 12.8. The highest BCUT2D eigenvalue weighted by Gasteiger charge is 2.17. The van der Waals surface area contributed by atoms with Crippen LogP contribution >= 0.6 is 0 Å². The molecular formula is C17H15F2N5. The molecule has 3 aromatic rings. The standard InChI is InChI=1S/C17H15F2N5/c1-9(23-24-17(20)21)15-11-4-2-3-5-14(11)22-16(15)10-6-7-12(18)13(19)8-10/h2-8,22H,1H3,(H4,20,21,24). The zero-order valence-corrected chi connectivity index (χ0v) is 12.8. The number of hydrogen-bond acceptors (Lipinski definition) is 2. The van der Waals surface area contributed by atoms with Crippen molar-refractivity contribution in [3.8, 4) is 11.3 Å². The van der Waals surface area contributed by atoms with Crippen LogP contribution in [0.2, 0.25) is 0 Å². The van der Waals surface area contributed by atoms with E-state index in [1.165, 1.54) is 6.07 Å². The fraction of sp³-hybridized carbons (Fsp3) is 0.0588. The molecule has 0 bridgehead atoms. The van der Waals surface area contributed by atoms with Crippen LogP contribution in [0.15, 0.2) is 47.6 Å². The van der Waals surface area contributed by atoms with Gasteiger partial charge in [0.25, 0.3) is 0 Å². The maximum Gasteiger partial charge on any atom is 0.206 e. The molecule has 1 aromatic heterocycles. The summed E-state index contributed by atoms with van der Waals surface area (Å²) in [6.45, 7) is 1.74. The fourth-order valence-corrected chi connectivity index (χ4v) is 2.59. The molecule has 2 aromatic carbocycles. The molecule has 0 aliphatic carbocycles. The second kappa shape index (κ2) is 6.11. The number of nitrogens with zero attached hydrogens (tertiary/aromatic N) is 1. The summed E-state index contributed by atoms with van der Waals surface area (Å²) in [5.74, 6) is -2.11. The number of hydrazone groups is 1. The minimum Gasteiger partial charge on any atom is -0.369 e. The van der Waals surface area contributed by atoms with E-state index in [1.807, 2.05) is 24.3 Å². The first-order chi connectivity index (χ1) is 11.5. The molecule has 0 saturated heterocycles. The maximum atomic E-state index is 13.6. The maximum absolute atomic E-state index is 13.6. The lowest BCUT2D eigenvalue weighted by atomic mass is 10.0. The van der Waals surface area contributed by atoms with Crippen LogP contribution in [0.5, 0.6) is 0 Å². The van der Waals surface area contributed by atoms with E-state index in [0.717, 1.165) is 28.6 Å². The molecule has 0 atom stereocenters. The van der Waals surface area contributed by atoms with Gasteiger partial charge in [0.1, 0.15) is 0 Å². The van der Waals surface area contributed by atoms with Gasteiger partial charge in [-0.3, -0.25) is 5.41 Å². The lowest BCUT2D eigenvalue weighted by Crippen LogP contribution is -2.26. The van der Waals surface area contributed by atoms with Gasteiger partial charge in [-0.15, -0.1) is 0 Å². The zero-order chi connectivity index (χ0) is 17.3. The summed E-state index contributed by atoms with van der Waals surface area (Å²) in [6.07, 6.45) is 0. The van der Waals surface area contributed by atoms with Gasteiger partial charge in [-0.2, -0.15) is 5.10 Å². The number of aromatic amines is 1. The lowest BCUT2D eigenvalue weighted by molar-refractivity contribution is 0.509. The molecule has 0 fully saturated rings. The fourth-order valence-electron chi connectivity index (χ4n) is 2.59. The summed E-state index contributed by atoms with van der Waals surface area (Å²) in [5, 5.41) is 12.2. The van der Waals surface area contributed by atoms with Crippen LogP contribution in [0.25, 0.3) is 22.2 Å².